The van der Waals surface area contributed by atoms with E-state index in [9.17, 15) is 12.8 Å². The molecule has 2 heterocycles. The molecule has 0 amide bonds. The molecular weight excluding hydrogens is 343 g/mol. The molecule has 4 rings (SSSR count). The number of aryl methyl sites for hydroxylation is 1. The molecule has 2 fully saturated rings. The number of sulfonamides is 1. The molecule has 0 spiro atoms. The highest BCUT2D eigenvalue weighted by Crippen LogP contribution is 2.43. The third-order valence-corrected chi connectivity index (χ3v) is 6.75. The van der Waals surface area contributed by atoms with E-state index in [2.05, 4.69) is 10.4 Å². The molecule has 2 aromatic rings. The minimum absolute atomic E-state index is 0.248. The third-order valence-electron chi connectivity index (χ3n) is 4.82. The Kier molecular flexibility index (Phi) is 4.13. The third kappa shape index (κ3) is 3.09. The Morgan fingerprint density at radius 1 is 1.24 bits per heavy atom. The lowest BCUT2D eigenvalue weighted by Gasteiger charge is -2.35. The van der Waals surface area contributed by atoms with Gasteiger partial charge < -0.3 is 5.32 Å². The van der Waals surface area contributed by atoms with Crippen molar-refractivity contribution >= 4 is 10.0 Å². The van der Waals surface area contributed by atoms with Crippen molar-refractivity contribution in [3.8, 4) is 0 Å². The minimum atomic E-state index is -3.67. The maximum absolute atomic E-state index is 13.4. The van der Waals surface area contributed by atoms with Gasteiger partial charge in [-0.25, -0.2) is 12.8 Å². The smallest absolute Gasteiger partial charge is 0.247 e. The van der Waals surface area contributed by atoms with E-state index >= 15 is 0 Å². The van der Waals surface area contributed by atoms with Gasteiger partial charge in [0.2, 0.25) is 10.0 Å². The van der Waals surface area contributed by atoms with Gasteiger partial charge in [0.1, 0.15) is 10.7 Å². The van der Waals surface area contributed by atoms with Crippen LogP contribution in [-0.4, -0.2) is 42.1 Å². The summed E-state index contributed by atoms with van der Waals surface area (Å²) in [5.74, 6) is -0.0802. The summed E-state index contributed by atoms with van der Waals surface area (Å²) in [6, 6.07) is 5.69. The SMILES string of the molecule is Cn1cc(S(=O)(=O)N2CCNCC2c2ccc(F)cc2)c(C2CC2)n1. The second-order valence-corrected chi connectivity index (χ2v) is 8.57. The van der Waals surface area contributed by atoms with Gasteiger partial charge in [-0.2, -0.15) is 9.40 Å². The maximum Gasteiger partial charge on any atom is 0.247 e. The Balaban J connectivity index is 1.73. The van der Waals surface area contributed by atoms with Crippen LogP contribution in [0, 0.1) is 5.82 Å². The van der Waals surface area contributed by atoms with E-state index in [-0.39, 0.29) is 17.8 Å². The zero-order valence-electron chi connectivity index (χ0n) is 14.0. The van der Waals surface area contributed by atoms with Gasteiger partial charge in [-0.15, -0.1) is 0 Å². The van der Waals surface area contributed by atoms with Gasteiger partial charge in [0.05, 0.1) is 11.7 Å². The molecule has 1 aromatic carbocycles. The number of piperazine rings is 1. The normalized spacial score (nSPS) is 22.2. The summed E-state index contributed by atoms with van der Waals surface area (Å²) in [5, 5.41) is 7.62. The molecule has 1 unspecified atom stereocenters. The predicted molar refractivity (Wildman–Crippen MR) is 91.1 cm³/mol. The second kappa shape index (κ2) is 6.19. The summed E-state index contributed by atoms with van der Waals surface area (Å²) in [6.45, 7) is 1.48. The average molecular weight is 364 g/mol. The van der Waals surface area contributed by atoms with Crippen LogP contribution in [0.1, 0.15) is 36.1 Å². The summed E-state index contributed by atoms with van der Waals surface area (Å²) in [4.78, 5) is 0.312. The van der Waals surface area contributed by atoms with Crippen LogP contribution < -0.4 is 5.32 Å². The van der Waals surface area contributed by atoms with Crippen LogP contribution in [0.25, 0.3) is 0 Å². The van der Waals surface area contributed by atoms with Crippen LogP contribution in [0.4, 0.5) is 4.39 Å². The zero-order chi connectivity index (χ0) is 17.6. The molecule has 1 saturated heterocycles. The molecular formula is C17H21FN4O2S. The Morgan fingerprint density at radius 3 is 2.64 bits per heavy atom. The molecule has 134 valence electrons. The van der Waals surface area contributed by atoms with Crippen LogP contribution in [-0.2, 0) is 17.1 Å². The Morgan fingerprint density at radius 2 is 1.96 bits per heavy atom. The monoisotopic (exact) mass is 364 g/mol. The van der Waals surface area contributed by atoms with Gasteiger partial charge in [-0.3, -0.25) is 4.68 Å². The Hall–Kier alpha value is -1.77. The highest BCUT2D eigenvalue weighted by Gasteiger charge is 2.40. The van der Waals surface area contributed by atoms with Crippen molar-refractivity contribution in [1.82, 2.24) is 19.4 Å². The molecule has 2 aliphatic rings. The van der Waals surface area contributed by atoms with Crippen molar-refractivity contribution < 1.29 is 12.8 Å². The summed E-state index contributed by atoms with van der Waals surface area (Å²) < 4.78 is 43.1. The molecule has 1 aromatic heterocycles. The lowest BCUT2D eigenvalue weighted by Crippen LogP contribution is -2.48. The Labute approximate surface area is 146 Å². The van der Waals surface area contributed by atoms with Crippen molar-refractivity contribution in [2.75, 3.05) is 19.6 Å². The first-order chi connectivity index (χ1) is 12.0. The number of aromatic nitrogens is 2. The van der Waals surface area contributed by atoms with E-state index in [1.165, 1.54) is 16.4 Å². The highest BCUT2D eigenvalue weighted by atomic mass is 32.2. The molecule has 0 bridgehead atoms. The lowest BCUT2D eigenvalue weighted by molar-refractivity contribution is 0.271. The summed E-state index contributed by atoms with van der Waals surface area (Å²) in [7, 11) is -1.92. The number of benzene rings is 1. The average Bonchev–Trinajstić information content (AvgIpc) is 3.37. The van der Waals surface area contributed by atoms with Gasteiger partial charge in [0.15, 0.2) is 0 Å². The first-order valence-electron chi connectivity index (χ1n) is 8.48. The summed E-state index contributed by atoms with van der Waals surface area (Å²) in [6.07, 6.45) is 3.58. The van der Waals surface area contributed by atoms with Crippen LogP contribution in [0.15, 0.2) is 35.4 Å². The maximum atomic E-state index is 13.4. The molecule has 8 heteroatoms. The van der Waals surface area contributed by atoms with Crippen LogP contribution in [0.3, 0.4) is 0 Å². The second-order valence-electron chi connectivity index (χ2n) is 6.71. The quantitative estimate of drug-likeness (QED) is 0.898. The van der Waals surface area contributed by atoms with Crippen molar-refractivity contribution in [2.45, 2.75) is 29.7 Å². The van der Waals surface area contributed by atoms with Gasteiger partial charge in [-0.05, 0) is 30.5 Å². The number of nitrogens with zero attached hydrogens (tertiary/aromatic N) is 3. The first-order valence-corrected chi connectivity index (χ1v) is 9.92. The zero-order valence-corrected chi connectivity index (χ0v) is 14.8. The van der Waals surface area contributed by atoms with E-state index in [4.69, 9.17) is 0 Å². The lowest BCUT2D eigenvalue weighted by atomic mass is 10.1. The number of nitrogens with one attached hydrogen (secondary N) is 1. The number of rotatable bonds is 4. The standard InChI is InChI=1S/C17H21FN4O2S/c1-21-11-16(17(20-21)13-2-3-13)25(23,24)22-9-8-19-10-15(22)12-4-6-14(18)7-5-12/h4-7,11,13,15,19H,2-3,8-10H2,1H3. The van der Waals surface area contributed by atoms with E-state index in [0.29, 0.717) is 30.2 Å². The highest BCUT2D eigenvalue weighted by molar-refractivity contribution is 7.89. The molecule has 0 radical (unpaired) electrons. The number of hydrogen-bond donors (Lipinski definition) is 1. The molecule has 25 heavy (non-hydrogen) atoms. The topological polar surface area (TPSA) is 67.2 Å². The van der Waals surface area contributed by atoms with Crippen LogP contribution >= 0.6 is 0 Å². The van der Waals surface area contributed by atoms with Gasteiger partial charge >= 0.3 is 0 Å². The van der Waals surface area contributed by atoms with Crippen molar-refractivity contribution in [1.29, 1.82) is 0 Å². The van der Waals surface area contributed by atoms with E-state index in [1.807, 2.05) is 0 Å². The van der Waals surface area contributed by atoms with Crippen LogP contribution in [0.5, 0.6) is 0 Å². The largest absolute Gasteiger partial charge is 0.313 e. The Bertz CT molecular complexity index is 875. The van der Waals surface area contributed by atoms with E-state index < -0.39 is 10.0 Å². The molecule has 1 aliphatic carbocycles. The molecule has 1 N–H and O–H groups in total. The summed E-state index contributed by atoms with van der Waals surface area (Å²) >= 11 is 0. The van der Waals surface area contributed by atoms with E-state index in [1.54, 1.807) is 30.1 Å². The molecule has 1 atom stereocenters. The van der Waals surface area contributed by atoms with Gasteiger partial charge in [0.25, 0.3) is 0 Å². The van der Waals surface area contributed by atoms with E-state index in [0.717, 1.165) is 18.4 Å². The molecule has 1 aliphatic heterocycles. The van der Waals surface area contributed by atoms with Crippen molar-refractivity contribution in [3.05, 3.63) is 47.5 Å². The van der Waals surface area contributed by atoms with Gasteiger partial charge in [0, 0.05) is 38.8 Å². The fourth-order valence-corrected chi connectivity index (χ4v) is 5.26. The summed E-state index contributed by atoms with van der Waals surface area (Å²) in [5.41, 5.74) is 1.47. The number of hydrogen-bond acceptors (Lipinski definition) is 4. The predicted octanol–water partition coefficient (Wildman–Crippen LogP) is 1.77. The number of halogens is 1. The molecule has 6 nitrogen and oxygen atoms in total. The van der Waals surface area contributed by atoms with Gasteiger partial charge in [-0.1, -0.05) is 12.1 Å². The first kappa shape index (κ1) is 16.7. The van der Waals surface area contributed by atoms with Crippen LogP contribution in [0.2, 0.25) is 0 Å². The van der Waals surface area contributed by atoms with Crippen molar-refractivity contribution in [2.24, 2.45) is 7.05 Å². The minimum Gasteiger partial charge on any atom is -0.313 e. The van der Waals surface area contributed by atoms with Crippen molar-refractivity contribution in [3.63, 3.8) is 0 Å². The molecule has 1 saturated carbocycles. The fourth-order valence-electron chi connectivity index (χ4n) is 3.39. The fraction of sp³-hybridized carbons (Fsp3) is 0.471.